The normalized spacial score (nSPS) is 15.5. The van der Waals surface area contributed by atoms with Crippen LogP contribution in [-0.4, -0.2) is 69.5 Å². The number of hydrogen-bond acceptors (Lipinski definition) is 5. The molecule has 26 heavy (non-hydrogen) atoms. The van der Waals surface area contributed by atoms with Gasteiger partial charge in [0.1, 0.15) is 0 Å². The molecule has 0 aromatic carbocycles. The van der Waals surface area contributed by atoms with Crippen LogP contribution in [0.3, 0.4) is 0 Å². The minimum atomic E-state index is 0. The minimum Gasteiger partial charge on any atom is -0.481 e. The zero-order chi connectivity index (χ0) is 17.9. The third kappa shape index (κ3) is 7.24. The van der Waals surface area contributed by atoms with Crippen molar-refractivity contribution in [3.05, 3.63) is 23.9 Å². The summed E-state index contributed by atoms with van der Waals surface area (Å²) in [6.07, 6.45) is 5.06. The molecule has 1 fully saturated rings. The highest BCUT2D eigenvalue weighted by atomic mass is 127. The molecule has 1 aliphatic heterocycles. The maximum atomic E-state index is 5.91. The summed E-state index contributed by atoms with van der Waals surface area (Å²) in [5.74, 6) is 1.55. The fraction of sp³-hybridized carbons (Fsp3) is 0.667. The van der Waals surface area contributed by atoms with E-state index in [0.29, 0.717) is 18.5 Å². The molecule has 0 bridgehead atoms. The van der Waals surface area contributed by atoms with Crippen molar-refractivity contribution < 1.29 is 14.2 Å². The first-order chi connectivity index (χ1) is 12.3. The average Bonchev–Trinajstić information content (AvgIpc) is 2.67. The fourth-order valence-electron chi connectivity index (χ4n) is 2.94. The Balaban J connectivity index is 0.00000338. The molecular weight excluding hydrogens is 447 g/mol. The number of nitrogens with zero attached hydrogens (tertiary/aromatic N) is 3. The van der Waals surface area contributed by atoms with Crippen LogP contribution in [0.15, 0.2) is 23.3 Å². The van der Waals surface area contributed by atoms with Crippen molar-refractivity contribution in [2.24, 2.45) is 4.99 Å². The number of rotatable bonds is 8. The van der Waals surface area contributed by atoms with Crippen LogP contribution in [0.5, 0.6) is 5.88 Å². The van der Waals surface area contributed by atoms with Crippen molar-refractivity contribution in [2.75, 3.05) is 47.6 Å². The summed E-state index contributed by atoms with van der Waals surface area (Å²) in [6, 6.07) is 3.92. The molecule has 0 aliphatic carbocycles. The molecule has 0 unspecified atom stereocenters. The van der Waals surface area contributed by atoms with Gasteiger partial charge in [0, 0.05) is 58.8 Å². The first kappa shape index (κ1) is 22.9. The van der Waals surface area contributed by atoms with Gasteiger partial charge in [-0.2, -0.15) is 0 Å². The maximum absolute atomic E-state index is 5.91. The Morgan fingerprint density at radius 2 is 2.08 bits per heavy atom. The van der Waals surface area contributed by atoms with E-state index in [1.807, 2.05) is 19.2 Å². The maximum Gasteiger partial charge on any atom is 0.218 e. The second-order valence-electron chi connectivity index (χ2n) is 5.98. The number of guanidine groups is 1. The number of piperidine rings is 1. The van der Waals surface area contributed by atoms with Crippen molar-refractivity contribution >= 4 is 29.9 Å². The van der Waals surface area contributed by atoms with Gasteiger partial charge in [0.2, 0.25) is 5.88 Å². The molecule has 0 radical (unpaired) electrons. The molecule has 0 spiro atoms. The van der Waals surface area contributed by atoms with Gasteiger partial charge in [-0.05, 0) is 25.3 Å². The predicted molar refractivity (Wildman–Crippen MR) is 113 cm³/mol. The molecule has 1 N–H and O–H groups in total. The third-order valence-corrected chi connectivity index (χ3v) is 4.28. The van der Waals surface area contributed by atoms with E-state index in [1.165, 1.54) is 0 Å². The Labute approximate surface area is 173 Å². The zero-order valence-corrected chi connectivity index (χ0v) is 18.3. The summed E-state index contributed by atoms with van der Waals surface area (Å²) in [6.45, 7) is 4.05. The summed E-state index contributed by atoms with van der Waals surface area (Å²) >= 11 is 0. The van der Waals surface area contributed by atoms with Crippen LogP contribution in [0.25, 0.3) is 0 Å². The van der Waals surface area contributed by atoms with E-state index in [1.54, 1.807) is 20.4 Å². The lowest BCUT2D eigenvalue weighted by Crippen LogP contribution is -2.46. The molecule has 0 amide bonds. The molecule has 2 heterocycles. The van der Waals surface area contributed by atoms with Crippen molar-refractivity contribution in [1.29, 1.82) is 0 Å². The number of nitrogens with one attached hydrogen (secondary N) is 1. The van der Waals surface area contributed by atoms with Crippen molar-refractivity contribution in [2.45, 2.75) is 31.9 Å². The van der Waals surface area contributed by atoms with E-state index in [9.17, 15) is 0 Å². The highest BCUT2D eigenvalue weighted by Crippen LogP contribution is 2.16. The summed E-state index contributed by atoms with van der Waals surface area (Å²) in [5.41, 5.74) is 1.02. The lowest BCUT2D eigenvalue weighted by Gasteiger charge is -2.34. The molecule has 1 aromatic rings. The van der Waals surface area contributed by atoms with Crippen LogP contribution < -0.4 is 10.1 Å². The van der Waals surface area contributed by atoms with Crippen LogP contribution in [0.4, 0.5) is 0 Å². The van der Waals surface area contributed by atoms with Gasteiger partial charge in [-0.1, -0.05) is 6.07 Å². The van der Waals surface area contributed by atoms with E-state index in [0.717, 1.165) is 57.1 Å². The SMILES string of the molecule is CN=C(NCc1cccnc1OC)N1CCC(OCCCOC)CC1.I. The first-order valence-electron chi connectivity index (χ1n) is 8.82. The lowest BCUT2D eigenvalue weighted by atomic mass is 10.1. The van der Waals surface area contributed by atoms with Crippen molar-refractivity contribution in [3.8, 4) is 5.88 Å². The molecule has 1 aliphatic rings. The van der Waals surface area contributed by atoms with Crippen LogP contribution in [0.1, 0.15) is 24.8 Å². The van der Waals surface area contributed by atoms with Gasteiger partial charge < -0.3 is 24.4 Å². The molecule has 7 nitrogen and oxygen atoms in total. The second kappa shape index (κ2) is 13.1. The van der Waals surface area contributed by atoms with E-state index >= 15 is 0 Å². The summed E-state index contributed by atoms with van der Waals surface area (Å²) in [5, 5.41) is 3.40. The van der Waals surface area contributed by atoms with Gasteiger partial charge in [0.05, 0.1) is 13.2 Å². The monoisotopic (exact) mass is 478 g/mol. The molecule has 0 atom stereocenters. The average molecular weight is 478 g/mol. The Hall–Kier alpha value is -1.13. The molecule has 2 rings (SSSR count). The summed E-state index contributed by atoms with van der Waals surface area (Å²) < 4.78 is 16.3. The van der Waals surface area contributed by atoms with Crippen molar-refractivity contribution in [3.63, 3.8) is 0 Å². The molecule has 1 aromatic heterocycles. The van der Waals surface area contributed by atoms with Gasteiger partial charge in [0.25, 0.3) is 0 Å². The molecular formula is C18H31IN4O3. The van der Waals surface area contributed by atoms with Gasteiger partial charge in [-0.15, -0.1) is 24.0 Å². The summed E-state index contributed by atoms with van der Waals surface area (Å²) in [4.78, 5) is 10.9. The van der Waals surface area contributed by atoms with Crippen LogP contribution >= 0.6 is 24.0 Å². The Bertz CT molecular complexity index is 537. The van der Waals surface area contributed by atoms with Crippen LogP contribution in [-0.2, 0) is 16.0 Å². The Morgan fingerprint density at radius 1 is 1.31 bits per heavy atom. The second-order valence-corrected chi connectivity index (χ2v) is 5.98. The number of likely N-dealkylation sites (tertiary alicyclic amines) is 1. The third-order valence-electron chi connectivity index (χ3n) is 4.28. The zero-order valence-electron chi connectivity index (χ0n) is 15.9. The Kier molecular flexibility index (Phi) is 11.5. The molecule has 0 saturated carbocycles. The number of methoxy groups -OCH3 is 2. The Morgan fingerprint density at radius 3 is 2.73 bits per heavy atom. The van der Waals surface area contributed by atoms with Gasteiger partial charge in [0.15, 0.2) is 5.96 Å². The van der Waals surface area contributed by atoms with E-state index in [-0.39, 0.29) is 24.0 Å². The number of aliphatic imine (C=N–C) groups is 1. The quantitative estimate of drug-likeness (QED) is 0.268. The molecule has 1 saturated heterocycles. The van der Waals surface area contributed by atoms with E-state index in [4.69, 9.17) is 14.2 Å². The van der Waals surface area contributed by atoms with Crippen LogP contribution in [0.2, 0.25) is 0 Å². The largest absolute Gasteiger partial charge is 0.481 e. The topological polar surface area (TPSA) is 68.2 Å². The number of ether oxygens (including phenoxy) is 3. The number of hydrogen-bond donors (Lipinski definition) is 1. The van der Waals surface area contributed by atoms with Gasteiger partial charge >= 0.3 is 0 Å². The lowest BCUT2D eigenvalue weighted by molar-refractivity contribution is 0.00989. The van der Waals surface area contributed by atoms with Crippen molar-refractivity contribution in [1.82, 2.24) is 15.2 Å². The van der Waals surface area contributed by atoms with E-state index < -0.39 is 0 Å². The van der Waals surface area contributed by atoms with E-state index in [2.05, 4.69) is 20.2 Å². The number of pyridine rings is 1. The van der Waals surface area contributed by atoms with Gasteiger partial charge in [-0.3, -0.25) is 4.99 Å². The number of aromatic nitrogens is 1. The summed E-state index contributed by atoms with van der Waals surface area (Å²) in [7, 11) is 5.17. The molecule has 8 heteroatoms. The smallest absolute Gasteiger partial charge is 0.218 e. The highest BCUT2D eigenvalue weighted by molar-refractivity contribution is 14.0. The number of halogens is 1. The van der Waals surface area contributed by atoms with Crippen LogP contribution in [0, 0.1) is 0 Å². The molecule has 148 valence electrons. The standard InChI is InChI=1S/C18H30N4O3.HI/c1-19-18(21-14-15-6-4-9-20-17(15)24-3)22-10-7-16(8-11-22)25-13-5-12-23-2;/h4,6,9,16H,5,7-8,10-14H2,1-3H3,(H,19,21);1H. The minimum absolute atomic E-state index is 0. The van der Waals surface area contributed by atoms with Gasteiger partial charge in [-0.25, -0.2) is 4.98 Å². The first-order valence-corrected chi connectivity index (χ1v) is 8.82. The fourth-order valence-corrected chi connectivity index (χ4v) is 2.94. The highest BCUT2D eigenvalue weighted by Gasteiger charge is 2.22. The predicted octanol–water partition coefficient (Wildman–Crippen LogP) is 2.30.